The molecule has 0 amide bonds. The second kappa shape index (κ2) is 9.67. The van der Waals surface area contributed by atoms with Gasteiger partial charge in [0, 0.05) is 33.1 Å². The standard InChI is InChI=1S/C42H31N3/c1-42(2)35-20-10-12-22-37(35)44(38-23-13-11-21-36(38)42)30-26-24-28(25-27-30)41-43-39-33-18-8-6-16-31(33)32-17-7-9-19-34(32)40(39)45(41)29-14-4-3-5-15-29/h3-27H,1-2H3. The number of anilines is 3. The monoisotopic (exact) mass is 577 g/mol. The lowest BCUT2D eigenvalue weighted by Gasteiger charge is -2.42. The van der Waals surface area contributed by atoms with Crippen molar-refractivity contribution in [3.63, 3.8) is 0 Å². The minimum Gasteiger partial charge on any atom is -0.310 e. The van der Waals surface area contributed by atoms with Crippen LogP contribution in [0.15, 0.2) is 152 Å². The third kappa shape index (κ3) is 3.74. The van der Waals surface area contributed by atoms with Crippen LogP contribution < -0.4 is 4.90 Å². The Morgan fingerprint density at radius 3 is 1.62 bits per heavy atom. The maximum Gasteiger partial charge on any atom is 0.145 e. The zero-order chi connectivity index (χ0) is 30.1. The highest BCUT2D eigenvalue weighted by Crippen LogP contribution is 2.51. The SMILES string of the molecule is CC1(C)c2ccccc2N(c2ccc(-c3nc4c5ccccc5c5ccccc5c4n3-c3ccccc3)cc2)c2ccccc21. The zero-order valence-corrected chi connectivity index (χ0v) is 25.3. The molecule has 0 aliphatic carbocycles. The molecule has 2 heterocycles. The van der Waals surface area contributed by atoms with Crippen LogP contribution in [0.3, 0.4) is 0 Å². The minimum absolute atomic E-state index is 0.0876. The van der Waals surface area contributed by atoms with E-state index in [0.29, 0.717) is 0 Å². The highest BCUT2D eigenvalue weighted by Gasteiger charge is 2.36. The van der Waals surface area contributed by atoms with E-state index in [1.165, 1.54) is 44.0 Å². The van der Waals surface area contributed by atoms with Gasteiger partial charge in [-0.25, -0.2) is 4.98 Å². The third-order valence-corrected chi connectivity index (χ3v) is 9.57. The first kappa shape index (κ1) is 25.8. The van der Waals surface area contributed by atoms with Crippen LogP contribution in [0.25, 0.3) is 49.7 Å². The van der Waals surface area contributed by atoms with Crippen LogP contribution in [0.1, 0.15) is 25.0 Å². The molecule has 1 aliphatic heterocycles. The lowest BCUT2D eigenvalue weighted by Crippen LogP contribution is -2.30. The van der Waals surface area contributed by atoms with Gasteiger partial charge in [0.2, 0.25) is 0 Å². The van der Waals surface area contributed by atoms with Crippen LogP contribution in [0.2, 0.25) is 0 Å². The van der Waals surface area contributed by atoms with E-state index < -0.39 is 0 Å². The van der Waals surface area contributed by atoms with Gasteiger partial charge >= 0.3 is 0 Å². The fourth-order valence-corrected chi connectivity index (χ4v) is 7.43. The Morgan fingerprint density at radius 1 is 0.467 bits per heavy atom. The predicted molar refractivity (Wildman–Crippen MR) is 188 cm³/mol. The number of hydrogen-bond donors (Lipinski definition) is 0. The van der Waals surface area contributed by atoms with Gasteiger partial charge in [-0.05, 0) is 70.4 Å². The summed E-state index contributed by atoms with van der Waals surface area (Å²) in [5, 5.41) is 4.84. The summed E-state index contributed by atoms with van der Waals surface area (Å²) in [4.78, 5) is 7.82. The fourth-order valence-electron chi connectivity index (χ4n) is 7.43. The van der Waals surface area contributed by atoms with E-state index in [1.54, 1.807) is 0 Å². The lowest BCUT2D eigenvalue weighted by atomic mass is 9.73. The largest absolute Gasteiger partial charge is 0.310 e. The summed E-state index contributed by atoms with van der Waals surface area (Å²) >= 11 is 0. The van der Waals surface area contributed by atoms with Gasteiger partial charge in [-0.1, -0.05) is 117 Å². The molecular formula is C42H31N3. The molecule has 1 aromatic heterocycles. The van der Waals surface area contributed by atoms with Crippen molar-refractivity contribution in [3.05, 3.63) is 163 Å². The zero-order valence-electron chi connectivity index (χ0n) is 25.3. The van der Waals surface area contributed by atoms with Crippen molar-refractivity contribution in [2.45, 2.75) is 19.3 Å². The molecule has 0 bridgehead atoms. The van der Waals surface area contributed by atoms with Gasteiger partial charge < -0.3 is 4.90 Å². The Hall–Kier alpha value is -5.67. The van der Waals surface area contributed by atoms with E-state index in [0.717, 1.165) is 33.8 Å². The summed E-state index contributed by atoms with van der Waals surface area (Å²) in [6, 6.07) is 54.5. The van der Waals surface area contributed by atoms with Crippen LogP contribution in [-0.4, -0.2) is 9.55 Å². The van der Waals surface area contributed by atoms with Crippen LogP contribution in [0.5, 0.6) is 0 Å². The predicted octanol–water partition coefficient (Wildman–Crippen LogP) is 11.1. The second-order valence-corrected chi connectivity index (χ2v) is 12.4. The van der Waals surface area contributed by atoms with E-state index in [9.17, 15) is 0 Å². The summed E-state index contributed by atoms with van der Waals surface area (Å²) in [5.74, 6) is 0.935. The molecule has 8 aromatic rings. The average Bonchev–Trinajstić information content (AvgIpc) is 3.51. The molecule has 9 rings (SSSR count). The quantitative estimate of drug-likeness (QED) is 0.195. The van der Waals surface area contributed by atoms with Gasteiger partial charge in [0.1, 0.15) is 5.82 Å². The summed E-state index contributed by atoms with van der Waals surface area (Å²) in [7, 11) is 0. The number of hydrogen-bond acceptors (Lipinski definition) is 2. The van der Waals surface area contributed by atoms with Gasteiger partial charge in [0.25, 0.3) is 0 Å². The molecule has 0 saturated heterocycles. The van der Waals surface area contributed by atoms with Crippen molar-refractivity contribution in [1.82, 2.24) is 9.55 Å². The topological polar surface area (TPSA) is 21.1 Å². The molecule has 3 nitrogen and oxygen atoms in total. The number of rotatable bonds is 3. The molecule has 0 spiro atoms. The molecule has 0 atom stereocenters. The molecule has 7 aromatic carbocycles. The highest BCUT2D eigenvalue weighted by molar-refractivity contribution is 6.24. The number of aromatic nitrogens is 2. The Bertz CT molecular complexity index is 2350. The Balaban J connectivity index is 1.28. The van der Waals surface area contributed by atoms with Crippen molar-refractivity contribution < 1.29 is 0 Å². The number of para-hydroxylation sites is 3. The molecule has 1 aliphatic rings. The van der Waals surface area contributed by atoms with E-state index in [4.69, 9.17) is 4.98 Å². The number of imidazole rings is 1. The molecule has 45 heavy (non-hydrogen) atoms. The molecule has 0 fully saturated rings. The number of benzene rings is 7. The van der Waals surface area contributed by atoms with Gasteiger partial charge in [-0.15, -0.1) is 0 Å². The highest BCUT2D eigenvalue weighted by atomic mass is 15.2. The molecule has 0 radical (unpaired) electrons. The fraction of sp³-hybridized carbons (Fsp3) is 0.0714. The third-order valence-electron chi connectivity index (χ3n) is 9.57. The molecule has 0 N–H and O–H groups in total. The smallest absolute Gasteiger partial charge is 0.145 e. The van der Waals surface area contributed by atoms with Crippen molar-refractivity contribution >= 4 is 49.6 Å². The summed E-state index contributed by atoms with van der Waals surface area (Å²) in [6.07, 6.45) is 0. The van der Waals surface area contributed by atoms with Crippen molar-refractivity contribution in [2.75, 3.05) is 4.90 Å². The Kier molecular flexibility index (Phi) is 5.54. The number of fused-ring (bicyclic) bond motifs is 8. The van der Waals surface area contributed by atoms with Gasteiger partial charge in [0.05, 0.1) is 22.4 Å². The van der Waals surface area contributed by atoms with Crippen LogP contribution in [-0.2, 0) is 5.41 Å². The van der Waals surface area contributed by atoms with E-state index in [1.807, 2.05) is 0 Å². The number of nitrogens with zero attached hydrogens (tertiary/aromatic N) is 3. The molecule has 3 heteroatoms. The van der Waals surface area contributed by atoms with Gasteiger partial charge in [-0.3, -0.25) is 4.57 Å². The summed E-state index contributed by atoms with van der Waals surface area (Å²) in [5.41, 5.74) is 10.5. The van der Waals surface area contributed by atoms with Crippen LogP contribution in [0, 0.1) is 0 Å². The first-order valence-electron chi connectivity index (χ1n) is 15.6. The minimum atomic E-state index is -0.0876. The van der Waals surface area contributed by atoms with Crippen molar-refractivity contribution in [1.29, 1.82) is 0 Å². The average molecular weight is 578 g/mol. The normalized spacial score (nSPS) is 13.7. The van der Waals surface area contributed by atoms with E-state index in [-0.39, 0.29) is 5.41 Å². The van der Waals surface area contributed by atoms with Crippen molar-refractivity contribution in [3.8, 4) is 17.1 Å². The lowest BCUT2D eigenvalue weighted by molar-refractivity contribution is 0.632. The van der Waals surface area contributed by atoms with Crippen LogP contribution >= 0.6 is 0 Å². The maximum absolute atomic E-state index is 5.42. The first-order chi connectivity index (χ1) is 22.1. The molecule has 0 unspecified atom stereocenters. The van der Waals surface area contributed by atoms with E-state index in [2.05, 4.69) is 175 Å². The molecule has 214 valence electrons. The van der Waals surface area contributed by atoms with E-state index >= 15 is 0 Å². The second-order valence-electron chi connectivity index (χ2n) is 12.4. The Morgan fingerprint density at radius 2 is 0.978 bits per heavy atom. The Labute approximate surface area is 262 Å². The van der Waals surface area contributed by atoms with Crippen LogP contribution in [0.4, 0.5) is 17.1 Å². The van der Waals surface area contributed by atoms with Gasteiger partial charge in [0.15, 0.2) is 0 Å². The summed E-state index contributed by atoms with van der Waals surface area (Å²) < 4.78 is 2.34. The van der Waals surface area contributed by atoms with Gasteiger partial charge in [-0.2, -0.15) is 0 Å². The first-order valence-corrected chi connectivity index (χ1v) is 15.6. The van der Waals surface area contributed by atoms with Crippen molar-refractivity contribution in [2.24, 2.45) is 0 Å². The maximum atomic E-state index is 5.42. The molecule has 0 saturated carbocycles. The molecular weight excluding hydrogens is 546 g/mol. The summed E-state index contributed by atoms with van der Waals surface area (Å²) in [6.45, 7) is 4.65.